The van der Waals surface area contributed by atoms with Crippen LogP contribution in [0.4, 0.5) is 18.9 Å². The lowest BCUT2D eigenvalue weighted by molar-refractivity contribution is -0.142. The normalized spacial score (nSPS) is 11.9. The molecule has 3 heterocycles. The molecular weight excluding hydrogens is 517 g/mol. The monoisotopic (exact) mass is 538 g/mol. The molecule has 0 atom stereocenters. The third kappa shape index (κ3) is 5.26. The second-order valence-corrected chi connectivity index (χ2v) is 9.48. The standard InChI is InChI=1S/C27H22ClF3N6O/c1-16(2)17-7-9-18(10-8-17)22-11-24(27(29,30)31)37-25(34-22)12-23(35-37)26(38)33-20-13-32-36(15-20)14-19-5-3-4-6-21(19)28/h3-13,15-16H,14H2,1-2H3,(H,33,38). The molecule has 1 N–H and O–H groups in total. The van der Waals surface area contributed by atoms with Crippen molar-refractivity contribution in [1.82, 2.24) is 24.4 Å². The smallest absolute Gasteiger partial charge is 0.318 e. The molecule has 5 aromatic rings. The van der Waals surface area contributed by atoms with Gasteiger partial charge in [-0.1, -0.05) is 67.9 Å². The molecule has 2 aromatic carbocycles. The molecule has 1 amide bonds. The number of hydrogen-bond donors (Lipinski definition) is 1. The summed E-state index contributed by atoms with van der Waals surface area (Å²) in [7, 11) is 0. The Labute approximate surface area is 220 Å². The molecule has 0 spiro atoms. The predicted molar refractivity (Wildman–Crippen MR) is 138 cm³/mol. The van der Waals surface area contributed by atoms with E-state index in [0.717, 1.165) is 17.2 Å². The van der Waals surface area contributed by atoms with Gasteiger partial charge in [0, 0.05) is 22.8 Å². The molecule has 0 unspecified atom stereocenters. The van der Waals surface area contributed by atoms with Crippen molar-refractivity contribution in [2.75, 3.05) is 5.32 Å². The molecule has 194 valence electrons. The Bertz CT molecular complexity index is 1620. The van der Waals surface area contributed by atoms with Crippen molar-refractivity contribution >= 4 is 28.8 Å². The summed E-state index contributed by atoms with van der Waals surface area (Å²) in [4.78, 5) is 17.2. The number of benzene rings is 2. The Morgan fingerprint density at radius 2 is 1.82 bits per heavy atom. The van der Waals surface area contributed by atoms with E-state index in [1.165, 1.54) is 12.3 Å². The third-order valence-corrected chi connectivity index (χ3v) is 6.37. The first-order chi connectivity index (χ1) is 18.1. The van der Waals surface area contributed by atoms with Crippen LogP contribution in [0.15, 0.2) is 73.1 Å². The topological polar surface area (TPSA) is 77.1 Å². The van der Waals surface area contributed by atoms with Crippen LogP contribution in [0.3, 0.4) is 0 Å². The van der Waals surface area contributed by atoms with Crippen LogP contribution in [0, 0.1) is 0 Å². The molecule has 11 heteroatoms. The van der Waals surface area contributed by atoms with E-state index in [0.29, 0.717) is 27.3 Å². The molecule has 0 fully saturated rings. The van der Waals surface area contributed by atoms with E-state index in [9.17, 15) is 18.0 Å². The summed E-state index contributed by atoms with van der Waals surface area (Å²) < 4.78 is 44.0. The molecule has 38 heavy (non-hydrogen) atoms. The number of amides is 1. The van der Waals surface area contributed by atoms with Gasteiger partial charge in [-0.05, 0) is 29.2 Å². The molecule has 0 aliphatic rings. The van der Waals surface area contributed by atoms with E-state index in [-0.39, 0.29) is 23.0 Å². The van der Waals surface area contributed by atoms with Crippen LogP contribution in [-0.4, -0.2) is 30.3 Å². The minimum absolute atomic E-state index is 0.0951. The maximum Gasteiger partial charge on any atom is 0.433 e. The highest BCUT2D eigenvalue weighted by molar-refractivity contribution is 6.31. The summed E-state index contributed by atoms with van der Waals surface area (Å²) in [6, 6.07) is 16.7. The molecule has 0 aliphatic carbocycles. The lowest BCUT2D eigenvalue weighted by atomic mass is 10.0. The number of carbonyl (C=O) groups is 1. The van der Waals surface area contributed by atoms with Crippen LogP contribution in [0.25, 0.3) is 16.9 Å². The van der Waals surface area contributed by atoms with Crippen LogP contribution in [-0.2, 0) is 12.7 Å². The number of halogens is 4. The average Bonchev–Trinajstić information content (AvgIpc) is 3.51. The van der Waals surface area contributed by atoms with Crippen LogP contribution in [0.2, 0.25) is 5.02 Å². The molecular formula is C27H22ClF3N6O. The molecule has 0 aliphatic heterocycles. The van der Waals surface area contributed by atoms with Crippen LogP contribution >= 0.6 is 11.6 Å². The lowest BCUT2D eigenvalue weighted by Crippen LogP contribution is -2.15. The number of nitrogens with one attached hydrogen (secondary N) is 1. The number of hydrogen-bond acceptors (Lipinski definition) is 4. The minimum Gasteiger partial charge on any atom is -0.318 e. The minimum atomic E-state index is -4.71. The van der Waals surface area contributed by atoms with Crippen LogP contribution < -0.4 is 5.32 Å². The van der Waals surface area contributed by atoms with Gasteiger partial charge in [-0.3, -0.25) is 9.48 Å². The molecule has 0 saturated heterocycles. The van der Waals surface area contributed by atoms with Crippen molar-refractivity contribution in [2.45, 2.75) is 32.5 Å². The molecule has 0 bridgehead atoms. The number of rotatable bonds is 6. The first-order valence-electron chi connectivity index (χ1n) is 11.7. The Kier molecular flexibility index (Phi) is 6.66. The van der Waals surface area contributed by atoms with E-state index in [2.05, 4.69) is 20.5 Å². The van der Waals surface area contributed by atoms with Crippen LogP contribution in [0.1, 0.15) is 47.1 Å². The van der Waals surface area contributed by atoms with Crippen molar-refractivity contribution in [3.63, 3.8) is 0 Å². The van der Waals surface area contributed by atoms with Gasteiger partial charge in [-0.15, -0.1) is 0 Å². The molecule has 0 saturated carbocycles. The molecule has 7 nitrogen and oxygen atoms in total. The van der Waals surface area contributed by atoms with Gasteiger partial charge in [-0.25, -0.2) is 9.50 Å². The Morgan fingerprint density at radius 1 is 1.08 bits per heavy atom. The number of aromatic nitrogens is 5. The van der Waals surface area contributed by atoms with Gasteiger partial charge in [0.15, 0.2) is 17.0 Å². The van der Waals surface area contributed by atoms with Gasteiger partial charge >= 0.3 is 6.18 Å². The number of alkyl halides is 3. The highest BCUT2D eigenvalue weighted by Gasteiger charge is 2.35. The van der Waals surface area contributed by atoms with Crippen molar-refractivity contribution in [2.24, 2.45) is 0 Å². The molecule has 5 rings (SSSR count). The van der Waals surface area contributed by atoms with Crippen molar-refractivity contribution in [3.05, 3.63) is 101 Å². The summed E-state index contributed by atoms with van der Waals surface area (Å²) in [5, 5.41) is 11.3. The fourth-order valence-electron chi connectivity index (χ4n) is 3.98. The van der Waals surface area contributed by atoms with E-state index in [1.54, 1.807) is 29.1 Å². The number of nitrogens with zero attached hydrogens (tertiary/aromatic N) is 5. The van der Waals surface area contributed by atoms with Gasteiger partial charge in [0.25, 0.3) is 5.91 Å². The van der Waals surface area contributed by atoms with Gasteiger partial charge in [0.2, 0.25) is 0 Å². The number of anilines is 1. The fourth-order valence-corrected chi connectivity index (χ4v) is 4.18. The predicted octanol–water partition coefficient (Wildman–Crippen LogP) is 6.69. The zero-order valence-electron chi connectivity index (χ0n) is 20.4. The van der Waals surface area contributed by atoms with Crippen LogP contribution in [0.5, 0.6) is 0 Å². The summed E-state index contributed by atoms with van der Waals surface area (Å²) in [6.45, 7) is 4.44. The zero-order chi connectivity index (χ0) is 27.0. The van der Waals surface area contributed by atoms with Gasteiger partial charge < -0.3 is 5.32 Å². The quantitative estimate of drug-likeness (QED) is 0.261. The first-order valence-corrected chi connectivity index (χ1v) is 12.1. The SMILES string of the molecule is CC(C)c1ccc(-c2cc(C(F)(F)F)n3nc(C(=O)Nc4cnn(Cc5ccccc5Cl)c4)cc3n2)cc1. The highest BCUT2D eigenvalue weighted by Crippen LogP contribution is 2.33. The molecule has 0 radical (unpaired) electrons. The summed E-state index contributed by atoms with van der Waals surface area (Å²) >= 11 is 6.19. The Hall–Kier alpha value is -4.18. The third-order valence-electron chi connectivity index (χ3n) is 6.00. The molecule has 3 aromatic heterocycles. The largest absolute Gasteiger partial charge is 0.433 e. The van der Waals surface area contributed by atoms with Gasteiger partial charge in [0.05, 0.1) is 24.1 Å². The van der Waals surface area contributed by atoms with Crippen molar-refractivity contribution in [1.29, 1.82) is 0 Å². The maximum atomic E-state index is 13.9. The lowest BCUT2D eigenvalue weighted by Gasteiger charge is -2.11. The zero-order valence-corrected chi connectivity index (χ0v) is 21.1. The maximum absolute atomic E-state index is 13.9. The summed E-state index contributed by atoms with van der Waals surface area (Å²) in [5.74, 6) is -0.409. The Morgan fingerprint density at radius 3 is 2.50 bits per heavy atom. The number of carbonyl (C=O) groups excluding carboxylic acids is 1. The summed E-state index contributed by atoms with van der Waals surface area (Å²) in [5.41, 5.74) is 1.58. The Balaban J connectivity index is 1.42. The number of fused-ring (bicyclic) bond motifs is 1. The van der Waals surface area contributed by atoms with Gasteiger partial charge in [-0.2, -0.15) is 23.4 Å². The van der Waals surface area contributed by atoms with Crippen molar-refractivity contribution < 1.29 is 18.0 Å². The van der Waals surface area contributed by atoms with E-state index in [4.69, 9.17) is 11.6 Å². The van der Waals surface area contributed by atoms with E-state index in [1.807, 2.05) is 44.2 Å². The van der Waals surface area contributed by atoms with E-state index < -0.39 is 17.8 Å². The average molecular weight is 539 g/mol. The first kappa shape index (κ1) is 25.5. The van der Waals surface area contributed by atoms with E-state index >= 15 is 0 Å². The van der Waals surface area contributed by atoms with Gasteiger partial charge in [0.1, 0.15) is 0 Å². The second kappa shape index (κ2) is 9.94. The second-order valence-electron chi connectivity index (χ2n) is 9.07. The fraction of sp³-hybridized carbons (Fsp3) is 0.185. The summed E-state index contributed by atoms with van der Waals surface area (Å²) in [6.07, 6.45) is -1.69. The van der Waals surface area contributed by atoms with Crippen molar-refractivity contribution in [3.8, 4) is 11.3 Å². The highest BCUT2D eigenvalue weighted by atomic mass is 35.5.